The topological polar surface area (TPSA) is 83.7 Å². The quantitative estimate of drug-likeness (QED) is 0.685. The van der Waals surface area contributed by atoms with E-state index in [1.165, 1.54) is 12.1 Å². The van der Waals surface area contributed by atoms with Crippen molar-refractivity contribution in [2.45, 2.75) is 32.3 Å². The minimum atomic E-state index is -0.534. The van der Waals surface area contributed by atoms with Crippen molar-refractivity contribution in [3.8, 4) is 0 Å². The zero-order chi connectivity index (χ0) is 18.2. The number of hydrogen-bond acceptors (Lipinski definition) is 4. The van der Waals surface area contributed by atoms with E-state index < -0.39 is 11.5 Å². The second-order valence-electron chi connectivity index (χ2n) is 6.94. The molecule has 0 unspecified atom stereocenters. The lowest BCUT2D eigenvalue weighted by atomic mass is 9.87. The van der Waals surface area contributed by atoms with Crippen molar-refractivity contribution in [2.75, 3.05) is 11.4 Å². The Hall–Kier alpha value is -2.73. The van der Waals surface area contributed by atoms with Gasteiger partial charge >= 0.3 is 0 Å². The van der Waals surface area contributed by atoms with Crippen LogP contribution in [-0.2, 0) is 23.2 Å². The van der Waals surface area contributed by atoms with E-state index in [1.54, 1.807) is 11.0 Å². The number of nitro groups is 1. The van der Waals surface area contributed by atoms with Gasteiger partial charge in [-0.05, 0) is 23.3 Å². The van der Waals surface area contributed by atoms with Gasteiger partial charge in [-0.15, -0.1) is 0 Å². The van der Waals surface area contributed by atoms with Gasteiger partial charge in [-0.25, -0.2) is 0 Å². The molecular formula is C19H20N2O4. The minimum Gasteiger partial charge on any atom is -0.391 e. The smallest absolute Gasteiger partial charge is 0.275 e. The number of benzene rings is 2. The van der Waals surface area contributed by atoms with E-state index in [-0.39, 0.29) is 29.0 Å². The number of aliphatic hydroxyl groups is 1. The summed E-state index contributed by atoms with van der Waals surface area (Å²) in [4.78, 5) is 25.1. The van der Waals surface area contributed by atoms with Crippen molar-refractivity contribution in [1.29, 1.82) is 0 Å². The van der Waals surface area contributed by atoms with E-state index in [9.17, 15) is 20.0 Å². The van der Waals surface area contributed by atoms with Crippen LogP contribution in [0.1, 0.15) is 30.5 Å². The highest BCUT2D eigenvalue weighted by molar-refractivity contribution is 5.97. The summed E-state index contributed by atoms with van der Waals surface area (Å²) in [6.07, 6.45) is 0.0803. The van der Waals surface area contributed by atoms with Crippen LogP contribution in [0.25, 0.3) is 0 Å². The Morgan fingerprint density at radius 3 is 2.68 bits per heavy atom. The van der Waals surface area contributed by atoms with E-state index in [1.807, 2.05) is 24.3 Å². The summed E-state index contributed by atoms with van der Waals surface area (Å²) in [6, 6.07) is 12.4. The van der Waals surface area contributed by atoms with Crippen LogP contribution in [0.2, 0.25) is 0 Å². The molecule has 0 fully saturated rings. The Bertz CT molecular complexity index is 845. The summed E-state index contributed by atoms with van der Waals surface area (Å²) in [5.74, 6) is -0.0935. The van der Waals surface area contributed by atoms with Crippen LogP contribution in [-0.4, -0.2) is 22.5 Å². The largest absolute Gasteiger partial charge is 0.391 e. The normalized spacial score (nSPS) is 15.1. The van der Waals surface area contributed by atoms with Gasteiger partial charge in [-0.3, -0.25) is 14.9 Å². The molecule has 0 spiro atoms. The van der Waals surface area contributed by atoms with Crippen molar-refractivity contribution < 1.29 is 14.8 Å². The van der Waals surface area contributed by atoms with Gasteiger partial charge in [0.25, 0.3) is 5.69 Å². The third-order valence-corrected chi connectivity index (χ3v) is 4.65. The number of carbonyl (C=O) groups excluding carboxylic acids is 1. The van der Waals surface area contributed by atoms with Crippen LogP contribution in [0.4, 0.5) is 11.4 Å². The molecule has 6 heteroatoms. The molecule has 0 aliphatic carbocycles. The van der Waals surface area contributed by atoms with E-state index in [4.69, 9.17) is 0 Å². The molecule has 3 rings (SSSR count). The highest BCUT2D eigenvalue weighted by Crippen LogP contribution is 2.40. The molecule has 1 heterocycles. The van der Waals surface area contributed by atoms with Crippen molar-refractivity contribution >= 4 is 17.3 Å². The van der Waals surface area contributed by atoms with Gasteiger partial charge in [-0.2, -0.15) is 0 Å². The van der Waals surface area contributed by atoms with Gasteiger partial charge in [0.1, 0.15) is 0 Å². The first-order valence-corrected chi connectivity index (χ1v) is 8.10. The van der Waals surface area contributed by atoms with Gasteiger partial charge in [0, 0.05) is 23.7 Å². The van der Waals surface area contributed by atoms with Crippen LogP contribution in [0, 0.1) is 10.1 Å². The van der Waals surface area contributed by atoms with Crippen LogP contribution >= 0.6 is 0 Å². The van der Waals surface area contributed by atoms with Gasteiger partial charge < -0.3 is 10.0 Å². The number of rotatable bonds is 4. The standard InChI is InChI=1S/C19H20N2O4/c1-19(2)12-20(16-6-4-3-5-15(16)19)18(23)10-13-7-8-14(11-22)17(9-13)21(24)25/h3-9,22H,10-12H2,1-2H3. The van der Waals surface area contributed by atoms with Gasteiger partial charge in [0.05, 0.1) is 23.5 Å². The lowest BCUT2D eigenvalue weighted by Crippen LogP contribution is -2.34. The summed E-state index contributed by atoms with van der Waals surface area (Å²) in [5, 5.41) is 20.3. The summed E-state index contributed by atoms with van der Waals surface area (Å²) in [5.41, 5.74) is 2.56. The molecule has 0 bridgehead atoms. The number of nitro benzene ring substituents is 1. The Kier molecular flexibility index (Phi) is 4.30. The van der Waals surface area contributed by atoms with Gasteiger partial charge in [0.2, 0.25) is 5.91 Å². The molecule has 0 aromatic heterocycles. The Morgan fingerprint density at radius 1 is 1.28 bits per heavy atom. The van der Waals surface area contributed by atoms with E-state index in [2.05, 4.69) is 13.8 Å². The molecule has 1 N–H and O–H groups in total. The SMILES string of the molecule is CC1(C)CN(C(=O)Cc2ccc(CO)c([N+](=O)[O-])c2)c2ccccc21. The molecule has 2 aromatic rings. The number of carbonyl (C=O) groups is 1. The number of amides is 1. The molecule has 0 atom stereocenters. The fourth-order valence-electron chi connectivity index (χ4n) is 3.36. The zero-order valence-corrected chi connectivity index (χ0v) is 14.2. The number of nitrogens with zero attached hydrogens (tertiary/aromatic N) is 2. The first kappa shape index (κ1) is 17.1. The summed E-state index contributed by atoms with van der Waals surface area (Å²) < 4.78 is 0. The van der Waals surface area contributed by atoms with Crippen molar-refractivity contribution in [2.24, 2.45) is 0 Å². The maximum Gasteiger partial charge on any atom is 0.275 e. The molecule has 1 aliphatic rings. The number of aliphatic hydroxyl groups excluding tert-OH is 1. The molecule has 130 valence electrons. The van der Waals surface area contributed by atoms with Crippen LogP contribution in [0.15, 0.2) is 42.5 Å². The first-order chi connectivity index (χ1) is 11.8. The minimum absolute atomic E-state index is 0.0803. The number of hydrogen-bond donors (Lipinski definition) is 1. The molecule has 25 heavy (non-hydrogen) atoms. The molecule has 1 amide bonds. The second-order valence-corrected chi connectivity index (χ2v) is 6.94. The highest BCUT2D eigenvalue weighted by Gasteiger charge is 2.37. The second kappa shape index (κ2) is 6.29. The Labute approximate surface area is 145 Å². The van der Waals surface area contributed by atoms with Gasteiger partial charge in [-0.1, -0.05) is 38.1 Å². The van der Waals surface area contributed by atoms with Crippen LogP contribution < -0.4 is 4.90 Å². The molecule has 2 aromatic carbocycles. The predicted octanol–water partition coefficient (Wildman–Crippen LogP) is 2.95. The third kappa shape index (κ3) is 3.13. The molecule has 6 nitrogen and oxygen atoms in total. The van der Waals surface area contributed by atoms with E-state index in [0.29, 0.717) is 12.1 Å². The van der Waals surface area contributed by atoms with Gasteiger partial charge in [0.15, 0.2) is 0 Å². The number of para-hydroxylation sites is 1. The molecular weight excluding hydrogens is 320 g/mol. The maximum absolute atomic E-state index is 12.8. The van der Waals surface area contributed by atoms with Crippen molar-refractivity contribution in [1.82, 2.24) is 0 Å². The zero-order valence-electron chi connectivity index (χ0n) is 14.2. The monoisotopic (exact) mass is 340 g/mol. The highest BCUT2D eigenvalue weighted by atomic mass is 16.6. The van der Waals surface area contributed by atoms with Crippen LogP contribution in [0.5, 0.6) is 0 Å². The van der Waals surface area contributed by atoms with E-state index >= 15 is 0 Å². The molecule has 0 radical (unpaired) electrons. The number of anilines is 1. The fourth-order valence-corrected chi connectivity index (χ4v) is 3.36. The fraction of sp³-hybridized carbons (Fsp3) is 0.316. The lowest BCUT2D eigenvalue weighted by molar-refractivity contribution is -0.385. The molecule has 0 saturated heterocycles. The maximum atomic E-state index is 12.8. The number of fused-ring (bicyclic) bond motifs is 1. The van der Waals surface area contributed by atoms with Crippen molar-refractivity contribution in [3.63, 3.8) is 0 Å². The van der Waals surface area contributed by atoms with E-state index in [0.717, 1.165) is 11.3 Å². The lowest BCUT2D eigenvalue weighted by Gasteiger charge is -2.21. The first-order valence-electron chi connectivity index (χ1n) is 8.10. The predicted molar refractivity (Wildman–Crippen MR) is 94.5 cm³/mol. The molecule has 1 aliphatic heterocycles. The summed E-state index contributed by atoms with van der Waals surface area (Å²) >= 11 is 0. The summed E-state index contributed by atoms with van der Waals surface area (Å²) in [7, 11) is 0. The van der Waals surface area contributed by atoms with Crippen molar-refractivity contribution in [3.05, 3.63) is 69.3 Å². The Morgan fingerprint density at radius 2 is 2.00 bits per heavy atom. The Balaban J connectivity index is 1.87. The average molecular weight is 340 g/mol. The average Bonchev–Trinajstić information content (AvgIpc) is 2.87. The molecule has 0 saturated carbocycles. The summed E-state index contributed by atoms with van der Waals surface area (Å²) in [6.45, 7) is 4.38. The van der Waals surface area contributed by atoms with Crippen LogP contribution in [0.3, 0.4) is 0 Å². The third-order valence-electron chi connectivity index (χ3n) is 4.65.